The second kappa shape index (κ2) is 9.80. The van der Waals surface area contributed by atoms with Gasteiger partial charge in [0.1, 0.15) is 12.4 Å². The van der Waals surface area contributed by atoms with Crippen molar-refractivity contribution in [2.45, 2.75) is 45.6 Å². The van der Waals surface area contributed by atoms with E-state index in [4.69, 9.17) is 4.74 Å². The summed E-state index contributed by atoms with van der Waals surface area (Å²) in [7, 11) is 0. The second-order valence-corrected chi connectivity index (χ2v) is 5.93. The van der Waals surface area contributed by atoms with Crippen molar-refractivity contribution in [2.24, 2.45) is 0 Å². The van der Waals surface area contributed by atoms with Crippen molar-refractivity contribution in [3.8, 4) is 5.75 Å². The summed E-state index contributed by atoms with van der Waals surface area (Å²) in [6.07, 6.45) is 6.66. The van der Waals surface area contributed by atoms with Gasteiger partial charge in [-0.1, -0.05) is 31.9 Å². The Labute approximate surface area is 129 Å². The topological polar surface area (TPSA) is 24.5 Å². The first-order valence-corrected chi connectivity index (χ1v) is 8.53. The summed E-state index contributed by atoms with van der Waals surface area (Å²) in [4.78, 5) is 2.54. The molecule has 0 bridgehead atoms. The summed E-state index contributed by atoms with van der Waals surface area (Å²) >= 11 is 0. The zero-order valence-electron chi connectivity index (χ0n) is 13.4. The van der Waals surface area contributed by atoms with Crippen LogP contribution in [0.3, 0.4) is 0 Å². The van der Waals surface area contributed by atoms with Crippen LogP contribution in [0.2, 0.25) is 0 Å². The number of hydrogen-bond acceptors (Lipinski definition) is 3. The van der Waals surface area contributed by atoms with E-state index in [1.807, 2.05) is 0 Å². The molecule has 0 amide bonds. The van der Waals surface area contributed by atoms with Gasteiger partial charge in [0.2, 0.25) is 0 Å². The molecule has 1 aliphatic heterocycles. The van der Waals surface area contributed by atoms with Crippen LogP contribution in [0.15, 0.2) is 24.3 Å². The van der Waals surface area contributed by atoms with E-state index < -0.39 is 0 Å². The van der Waals surface area contributed by atoms with Gasteiger partial charge in [-0.05, 0) is 56.6 Å². The molecule has 1 saturated heterocycles. The fraction of sp³-hybridized carbons (Fsp3) is 0.667. The van der Waals surface area contributed by atoms with Crippen molar-refractivity contribution < 1.29 is 4.74 Å². The zero-order valence-corrected chi connectivity index (χ0v) is 13.4. The van der Waals surface area contributed by atoms with Crippen LogP contribution >= 0.6 is 0 Å². The highest BCUT2D eigenvalue weighted by molar-refractivity contribution is 5.27. The minimum absolute atomic E-state index is 0.799. The largest absolute Gasteiger partial charge is 0.492 e. The molecule has 0 unspecified atom stereocenters. The molecular formula is C18H30N2O. The Balaban J connectivity index is 1.65. The van der Waals surface area contributed by atoms with Crippen LogP contribution in [0, 0.1) is 0 Å². The minimum atomic E-state index is 0.799. The average Bonchev–Trinajstić information content (AvgIpc) is 2.78. The lowest BCUT2D eigenvalue weighted by atomic mass is 10.2. The maximum absolute atomic E-state index is 5.87. The van der Waals surface area contributed by atoms with Gasteiger partial charge in [-0.3, -0.25) is 4.90 Å². The van der Waals surface area contributed by atoms with Crippen molar-refractivity contribution in [1.82, 2.24) is 10.2 Å². The molecule has 2 rings (SSSR count). The second-order valence-electron chi connectivity index (χ2n) is 5.93. The normalized spacial score (nSPS) is 16.6. The Morgan fingerprint density at radius 2 is 1.76 bits per heavy atom. The lowest BCUT2D eigenvalue weighted by molar-refractivity contribution is 0.214. The Kier molecular flexibility index (Phi) is 7.61. The molecule has 1 N–H and O–H groups in total. The number of ether oxygens (including phenoxy) is 1. The minimum Gasteiger partial charge on any atom is -0.492 e. The molecule has 0 aliphatic carbocycles. The van der Waals surface area contributed by atoms with Crippen molar-refractivity contribution in [3.63, 3.8) is 0 Å². The molecule has 0 spiro atoms. The van der Waals surface area contributed by atoms with Gasteiger partial charge in [-0.15, -0.1) is 0 Å². The highest BCUT2D eigenvalue weighted by Gasteiger charge is 2.08. The van der Waals surface area contributed by atoms with Crippen LogP contribution < -0.4 is 10.1 Å². The highest BCUT2D eigenvalue weighted by Crippen LogP contribution is 2.13. The first kappa shape index (κ1) is 16.3. The zero-order chi connectivity index (χ0) is 14.8. The van der Waals surface area contributed by atoms with Gasteiger partial charge in [0.15, 0.2) is 0 Å². The van der Waals surface area contributed by atoms with Gasteiger partial charge in [0.05, 0.1) is 0 Å². The third-order valence-corrected chi connectivity index (χ3v) is 4.05. The first-order valence-electron chi connectivity index (χ1n) is 8.53. The number of likely N-dealkylation sites (tertiary alicyclic amines) is 1. The number of nitrogens with zero attached hydrogens (tertiary/aromatic N) is 1. The van der Waals surface area contributed by atoms with Crippen LogP contribution in [-0.4, -0.2) is 37.7 Å². The molecule has 0 saturated carbocycles. The predicted octanol–water partition coefficient (Wildman–Crippen LogP) is 3.44. The van der Waals surface area contributed by atoms with E-state index in [-0.39, 0.29) is 0 Å². The highest BCUT2D eigenvalue weighted by atomic mass is 16.5. The molecule has 3 heteroatoms. The molecule has 0 atom stereocenters. The van der Waals surface area contributed by atoms with Gasteiger partial charge in [-0.25, -0.2) is 0 Å². The number of rotatable bonds is 8. The maximum Gasteiger partial charge on any atom is 0.119 e. The lowest BCUT2D eigenvalue weighted by Gasteiger charge is -2.19. The summed E-state index contributed by atoms with van der Waals surface area (Å²) in [5, 5.41) is 3.42. The van der Waals surface area contributed by atoms with Crippen molar-refractivity contribution in [2.75, 3.05) is 32.8 Å². The van der Waals surface area contributed by atoms with Crippen LogP contribution in [0.25, 0.3) is 0 Å². The SMILES string of the molecule is CCCNCc1ccc(OCCN2CCCCCC2)cc1. The molecule has 1 aromatic carbocycles. The summed E-state index contributed by atoms with van der Waals surface area (Å²) in [6.45, 7) is 8.55. The van der Waals surface area contributed by atoms with Crippen molar-refractivity contribution in [3.05, 3.63) is 29.8 Å². The Morgan fingerprint density at radius 1 is 1.05 bits per heavy atom. The summed E-state index contributed by atoms with van der Waals surface area (Å²) < 4.78 is 5.87. The van der Waals surface area contributed by atoms with Gasteiger partial charge < -0.3 is 10.1 Å². The molecule has 21 heavy (non-hydrogen) atoms. The first-order chi connectivity index (χ1) is 10.4. The van der Waals surface area contributed by atoms with Gasteiger partial charge in [0.25, 0.3) is 0 Å². The van der Waals surface area contributed by atoms with Crippen LogP contribution in [0.4, 0.5) is 0 Å². The van der Waals surface area contributed by atoms with E-state index >= 15 is 0 Å². The van der Waals surface area contributed by atoms with Crippen LogP contribution in [-0.2, 0) is 6.54 Å². The monoisotopic (exact) mass is 290 g/mol. The van der Waals surface area contributed by atoms with E-state index in [2.05, 4.69) is 41.4 Å². The Morgan fingerprint density at radius 3 is 2.43 bits per heavy atom. The summed E-state index contributed by atoms with van der Waals surface area (Å²) in [5.74, 6) is 0.990. The van der Waals surface area contributed by atoms with E-state index in [0.29, 0.717) is 0 Å². The standard InChI is InChI=1S/C18H30N2O/c1-2-11-19-16-17-7-9-18(10-8-17)21-15-14-20-12-5-3-4-6-13-20/h7-10,19H,2-6,11-16H2,1H3. The predicted molar refractivity (Wildman–Crippen MR) is 88.8 cm³/mol. The molecule has 1 fully saturated rings. The Hall–Kier alpha value is -1.06. The molecule has 1 heterocycles. The van der Waals surface area contributed by atoms with Gasteiger partial charge >= 0.3 is 0 Å². The van der Waals surface area contributed by atoms with Crippen molar-refractivity contribution >= 4 is 0 Å². The van der Waals surface area contributed by atoms with Crippen LogP contribution in [0.5, 0.6) is 5.75 Å². The molecule has 0 radical (unpaired) electrons. The van der Waals surface area contributed by atoms with E-state index in [1.165, 1.54) is 50.8 Å². The van der Waals surface area contributed by atoms with E-state index in [9.17, 15) is 0 Å². The molecular weight excluding hydrogens is 260 g/mol. The fourth-order valence-electron chi connectivity index (χ4n) is 2.77. The average molecular weight is 290 g/mol. The summed E-state index contributed by atoms with van der Waals surface area (Å²) in [5.41, 5.74) is 1.32. The third kappa shape index (κ3) is 6.49. The third-order valence-electron chi connectivity index (χ3n) is 4.05. The molecule has 1 aromatic rings. The fourth-order valence-corrected chi connectivity index (χ4v) is 2.77. The smallest absolute Gasteiger partial charge is 0.119 e. The summed E-state index contributed by atoms with van der Waals surface area (Å²) in [6, 6.07) is 8.49. The molecule has 0 aromatic heterocycles. The number of benzene rings is 1. The maximum atomic E-state index is 5.87. The van der Waals surface area contributed by atoms with E-state index in [1.54, 1.807) is 0 Å². The number of nitrogens with one attached hydrogen (secondary N) is 1. The lowest BCUT2D eigenvalue weighted by Crippen LogP contribution is -2.29. The van der Waals surface area contributed by atoms with Crippen molar-refractivity contribution in [1.29, 1.82) is 0 Å². The molecule has 118 valence electrons. The Bertz CT molecular complexity index is 369. The number of hydrogen-bond donors (Lipinski definition) is 1. The molecule has 1 aliphatic rings. The quantitative estimate of drug-likeness (QED) is 0.742. The van der Waals surface area contributed by atoms with Crippen LogP contribution in [0.1, 0.15) is 44.6 Å². The molecule has 3 nitrogen and oxygen atoms in total. The van der Waals surface area contributed by atoms with Gasteiger partial charge in [-0.2, -0.15) is 0 Å². The van der Waals surface area contributed by atoms with E-state index in [0.717, 1.165) is 32.0 Å². The van der Waals surface area contributed by atoms with Gasteiger partial charge in [0, 0.05) is 13.1 Å².